The third kappa shape index (κ3) is 3.90. The number of amides is 1. The van der Waals surface area contributed by atoms with Gasteiger partial charge in [0.15, 0.2) is 0 Å². The molecule has 1 aromatic carbocycles. The first-order valence-corrected chi connectivity index (χ1v) is 7.17. The predicted molar refractivity (Wildman–Crippen MR) is 79.5 cm³/mol. The molecule has 1 atom stereocenters. The van der Waals surface area contributed by atoms with Gasteiger partial charge >= 0.3 is 5.97 Å². The molecule has 0 aliphatic carbocycles. The molecule has 0 saturated carbocycles. The number of rotatable bonds is 6. The summed E-state index contributed by atoms with van der Waals surface area (Å²) >= 11 is 0. The number of hydrogen-bond donors (Lipinski definition) is 0. The summed E-state index contributed by atoms with van der Waals surface area (Å²) in [6.45, 7) is 4.43. The van der Waals surface area contributed by atoms with Gasteiger partial charge in [-0.25, -0.2) is 5.01 Å². The van der Waals surface area contributed by atoms with Crippen molar-refractivity contribution in [2.45, 2.75) is 33.2 Å². The van der Waals surface area contributed by atoms with Crippen molar-refractivity contribution in [1.82, 2.24) is 5.01 Å². The number of ether oxygens (including phenoxy) is 1. The zero-order valence-corrected chi connectivity index (χ0v) is 12.4. The minimum absolute atomic E-state index is 0.0411. The van der Waals surface area contributed by atoms with E-state index < -0.39 is 0 Å². The van der Waals surface area contributed by atoms with E-state index in [9.17, 15) is 9.59 Å². The molecule has 1 heterocycles. The van der Waals surface area contributed by atoms with Crippen LogP contribution in [0.1, 0.15) is 32.3 Å². The van der Waals surface area contributed by atoms with Gasteiger partial charge in [-0.3, -0.25) is 9.59 Å². The van der Waals surface area contributed by atoms with Crippen LogP contribution in [0.5, 0.6) is 0 Å². The zero-order chi connectivity index (χ0) is 15.2. The van der Waals surface area contributed by atoms with Crippen LogP contribution in [0.25, 0.3) is 0 Å². The minimum Gasteiger partial charge on any atom is -0.466 e. The number of esters is 1. The molecule has 0 N–H and O–H groups in total. The van der Waals surface area contributed by atoms with Crippen molar-refractivity contribution in [2.75, 3.05) is 6.61 Å². The maximum absolute atomic E-state index is 12.3. The predicted octanol–water partition coefficient (Wildman–Crippen LogP) is 2.36. The number of carbonyl (C=O) groups is 2. The van der Waals surface area contributed by atoms with Crippen LogP contribution in [0.4, 0.5) is 0 Å². The number of hydrazone groups is 1. The first-order chi connectivity index (χ1) is 10.1. The Morgan fingerprint density at radius 2 is 2.05 bits per heavy atom. The first-order valence-electron chi connectivity index (χ1n) is 7.17. The summed E-state index contributed by atoms with van der Waals surface area (Å²) in [4.78, 5) is 23.7. The summed E-state index contributed by atoms with van der Waals surface area (Å²) in [6.07, 6.45) is 0.703. The molecule has 1 aliphatic heterocycles. The average Bonchev–Trinajstić information content (AvgIpc) is 2.73. The molecule has 5 heteroatoms. The van der Waals surface area contributed by atoms with E-state index in [0.29, 0.717) is 19.6 Å². The van der Waals surface area contributed by atoms with E-state index in [0.717, 1.165) is 11.3 Å². The Morgan fingerprint density at radius 3 is 2.71 bits per heavy atom. The molecule has 0 bridgehead atoms. The molecule has 0 saturated heterocycles. The summed E-state index contributed by atoms with van der Waals surface area (Å²) in [5, 5.41) is 5.81. The van der Waals surface area contributed by atoms with Crippen LogP contribution >= 0.6 is 0 Å². The van der Waals surface area contributed by atoms with Crippen LogP contribution in [0, 0.1) is 5.92 Å². The summed E-state index contributed by atoms with van der Waals surface area (Å²) in [5.74, 6) is -0.613. The lowest BCUT2D eigenvalue weighted by Crippen LogP contribution is -2.27. The van der Waals surface area contributed by atoms with Gasteiger partial charge in [-0.05, 0) is 25.8 Å². The standard InChI is InChI=1S/C16H20N2O3/c1-3-21-15(19)10-9-14-12(2)17-18(16(14)20)11-13-7-5-4-6-8-13/h4-8,14H,3,9-11H2,1-2H3. The van der Waals surface area contributed by atoms with Crippen molar-refractivity contribution < 1.29 is 14.3 Å². The molecule has 0 aromatic heterocycles. The Balaban J connectivity index is 1.93. The van der Waals surface area contributed by atoms with E-state index in [-0.39, 0.29) is 24.2 Å². The van der Waals surface area contributed by atoms with Crippen LogP contribution < -0.4 is 0 Å². The van der Waals surface area contributed by atoms with Crippen LogP contribution in [0.15, 0.2) is 35.4 Å². The fourth-order valence-corrected chi connectivity index (χ4v) is 2.37. The maximum atomic E-state index is 12.3. The Bertz CT molecular complexity index is 540. The van der Waals surface area contributed by atoms with E-state index in [1.54, 1.807) is 6.92 Å². The van der Waals surface area contributed by atoms with Crippen molar-refractivity contribution in [3.8, 4) is 0 Å². The third-order valence-corrected chi connectivity index (χ3v) is 3.45. The van der Waals surface area contributed by atoms with Gasteiger partial charge in [0.05, 0.1) is 19.1 Å². The van der Waals surface area contributed by atoms with Gasteiger partial charge in [-0.2, -0.15) is 5.10 Å². The van der Waals surface area contributed by atoms with Crippen LogP contribution in [0.3, 0.4) is 0 Å². The zero-order valence-electron chi connectivity index (χ0n) is 12.4. The Kier molecular flexibility index (Phi) is 5.09. The lowest BCUT2D eigenvalue weighted by atomic mass is 9.98. The second-order valence-electron chi connectivity index (χ2n) is 5.02. The molecule has 21 heavy (non-hydrogen) atoms. The number of carbonyl (C=O) groups excluding carboxylic acids is 2. The third-order valence-electron chi connectivity index (χ3n) is 3.45. The molecule has 1 unspecified atom stereocenters. The van der Waals surface area contributed by atoms with Gasteiger partial charge in [-0.1, -0.05) is 30.3 Å². The van der Waals surface area contributed by atoms with E-state index in [1.807, 2.05) is 37.3 Å². The quantitative estimate of drug-likeness (QED) is 0.755. The fraction of sp³-hybridized carbons (Fsp3) is 0.438. The molecular formula is C16H20N2O3. The molecule has 0 radical (unpaired) electrons. The summed E-state index contributed by atoms with van der Waals surface area (Å²) in [6, 6.07) is 9.73. The molecule has 1 amide bonds. The maximum Gasteiger partial charge on any atom is 0.305 e. The number of hydrogen-bond acceptors (Lipinski definition) is 4. The monoisotopic (exact) mass is 288 g/mol. The van der Waals surface area contributed by atoms with Crippen molar-refractivity contribution in [3.63, 3.8) is 0 Å². The molecule has 5 nitrogen and oxygen atoms in total. The van der Waals surface area contributed by atoms with E-state index in [4.69, 9.17) is 4.74 Å². The SMILES string of the molecule is CCOC(=O)CCC1C(=O)N(Cc2ccccc2)N=C1C. The normalized spacial score (nSPS) is 17.8. The first kappa shape index (κ1) is 15.2. The summed E-state index contributed by atoms with van der Waals surface area (Å²) < 4.78 is 4.89. The molecule has 112 valence electrons. The molecule has 0 fully saturated rings. The number of nitrogens with zero attached hydrogens (tertiary/aromatic N) is 2. The summed E-state index contributed by atoms with van der Waals surface area (Å²) in [7, 11) is 0. The molecule has 2 rings (SSSR count). The van der Waals surface area contributed by atoms with Crippen molar-refractivity contribution in [3.05, 3.63) is 35.9 Å². The Labute approximate surface area is 124 Å². The van der Waals surface area contributed by atoms with E-state index in [2.05, 4.69) is 5.10 Å². The van der Waals surface area contributed by atoms with Crippen molar-refractivity contribution in [1.29, 1.82) is 0 Å². The van der Waals surface area contributed by atoms with Crippen molar-refractivity contribution in [2.24, 2.45) is 11.0 Å². The average molecular weight is 288 g/mol. The van der Waals surface area contributed by atoms with Gasteiger partial charge in [0.2, 0.25) is 0 Å². The van der Waals surface area contributed by atoms with E-state index >= 15 is 0 Å². The summed E-state index contributed by atoms with van der Waals surface area (Å²) in [5.41, 5.74) is 1.80. The Morgan fingerprint density at radius 1 is 1.33 bits per heavy atom. The fourth-order valence-electron chi connectivity index (χ4n) is 2.37. The lowest BCUT2D eigenvalue weighted by molar-refractivity contribution is -0.143. The Hall–Kier alpha value is -2.17. The van der Waals surface area contributed by atoms with Gasteiger partial charge in [0.1, 0.15) is 0 Å². The van der Waals surface area contributed by atoms with Gasteiger partial charge < -0.3 is 4.74 Å². The smallest absolute Gasteiger partial charge is 0.305 e. The van der Waals surface area contributed by atoms with Gasteiger partial charge in [-0.15, -0.1) is 0 Å². The van der Waals surface area contributed by atoms with Crippen molar-refractivity contribution >= 4 is 17.6 Å². The molecule has 1 aromatic rings. The second kappa shape index (κ2) is 7.02. The highest BCUT2D eigenvalue weighted by Crippen LogP contribution is 2.22. The highest BCUT2D eigenvalue weighted by atomic mass is 16.5. The highest BCUT2D eigenvalue weighted by Gasteiger charge is 2.33. The second-order valence-corrected chi connectivity index (χ2v) is 5.02. The molecule has 0 spiro atoms. The van der Waals surface area contributed by atoms with Crippen LogP contribution in [-0.2, 0) is 20.9 Å². The van der Waals surface area contributed by atoms with Crippen LogP contribution in [0.2, 0.25) is 0 Å². The number of benzene rings is 1. The minimum atomic E-state index is -0.307. The van der Waals surface area contributed by atoms with E-state index in [1.165, 1.54) is 5.01 Å². The molecule has 1 aliphatic rings. The largest absolute Gasteiger partial charge is 0.466 e. The topological polar surface area (TPSA) is 59.0 Å². The lowest BCUT2D eigenvalue weighted by Gasteiger charge is -2.14. The molecular weight excluding hydrogens is 268 g/mol. The van der Waals surface area contributed by atoms with Gasteiger partial charge in [0, 0.05) is 12.1 Å². The highest BCUT2D eigenvalue weighted by molar-refractivity contribution is 6.07. The van der Waals surface area contributed by atoms with Gasteiger partial charge in [0.25, 0.3) is 5.91 Å². The van der Waals surface area contributed by atoms with Crippen LogP contribution in [-0.4, -0.2) is 29.2 Å².